The number of hydrogen-bond acceptors (Lipinski definition) is 3. The fraction of sp³-hybridized carbons (Fsp3) is 0.682. The number of nitrogens with one attached hydrogen (secondary N) is 1. The summed E-state index contributed by atoms with van der Waals surface area (Å²) in [6, 6.07) is 3.81. The summed E-state index contributed by atoms with van der Waals surface area (Å²) in [7, 11) is 0. The van der Waals surface area contributed by atoms with Crippen LogP contribution in [0.4, 0.5) is 10.5 Å². The summed E-state index contributed by atoms with van der Waals surface area (Å²) in [4.78, 5) is 28.9. The van der Waals surface area contributed by atoms with Crippen molar-refractivity contribution in [2.75, 3.05) is 5.32 Å². The quantitative estimate of drug-likeness (QED) is 0.256. The number of nitrogens with zero attached hydrogens (tertiary/aromatic N) is 1. The molecule has 28 heavy (non-hydrogen) atoms. The second kappa shape index (κ2) is 12.5. The number of unbranched alkanes of at least 4 members (excludes halogenated alkanes) is 3. The topological polar surface area (TPSA) is 79.3 Å². The number of carbonyl (C=O) groups is 2. The van der Waals surface area contributed by atoms with E-state index in [1.54, 1.807) is 6.07 Å². The number of amides is 1. The number of anilines is 1. The van der Waals surface area contributed by atoms with Crippen molar-refractivity contribution in [1.29, 1.82) is 0 Å². The van der Waals surface area contributed by atoms with Crippen LogP contribution < -0.4 is 9.03 Å². The zero-order valence-corrected chi connectivity index (χ0v) is 21.2. The second-order valence-electron chi connectivity index (χ2n) is 8.13. The van der Waals surface area contributed by atoms with Gasteiger partial charge in [-0.1, -0.05) is 0 Å². The number of Topliss-reactive ketones (excluding diaryl/α,β-unsaturated/α-hetero) is 1. The van der Waals surface area contributed by atoms with Crippen molar-refractivity contribution in [3.63, 3.8) is 0 Å². The monoisotopic (exact) mass is 498 g/mol. The van der Waals surface area contributed by atoms with E-state index in [1.165, 1.54) is 51.8 Å². The Kier molecular flexibility index (Phi) is 11.1. The van der Waals surface area contributed by atoms with Crippen molar-refractivity contribution in [3.05, 3.63) is 17.8 Å². The van der Waals surface area contributed by atoms with Crippen LogP contribution >= 0.6 is 0 Å². The Morgan fingerprint density at radius 1 is 1.00 bits per heavy atom. The van der Waals surface area contributed by atoms with Gasteiger partial charge in [-0.05, 0) is 0 Å². The average Bonchev–Trinajstić information content (AvgIpc) is 2.67. The van der Waals surface area contributed by atoms with Gasteiger partial charge in [-0.2, -0.15) is 0 Å². The van der Waals surface area contributed by atoms with E-state index < -0.39 is 24.5 Å². The van der Waals surface area contributed by atoms with Crippen LogP contribution in [-0.4, -0.2) is 40.3 Å². The first-order valence-electron chi connectivity index (χ1n) is 10.9. The summed E-state index contributed by atoms with van der Waals surface area (Å²) in [6.45, 7) is 10.4. The zero-order chi connectivity index (χ0) is 21.2. The summed E-state index contributed by atoms with van der Waals surface area (Å²) in [5.74, 6) is -0.309. The van der Waals surface area contributed by atoms with Crippen LogP contribution in [0.3, 0.4) is 0 Å². The van der Waals surface area contributed by atoms with Crippen LogP contribution in [0.15, 0.2) is 12.1 Å². The fourth-order valence-electron chi connectivity index (χ4n) is 3.74. The summed E-state index contributed by atoms with van der Waals surface area (Å²) in [5.41, 5.74) is 0.622. The molecular formula is C22H38N2O3Sn. The molecule has 1 aromatic heterocycles. The molecule has 1 rings (SSSR count). The Morgan fingerprint density at radius 3 is 1.89 bits per heavy atom. The summed E-state index contributed by atoms with van der Waals surface area (Å²) < 4.78 is 4.95. The normalized spacial score (nSPS) is 11.6. The average molecular weight is 497 g/mol. The predicted molar refractivity (Wildman–Crippen MR) is 120 cm³/mol. The third-order valence-corrected chi connectivity index (χ3v) is 20.6. The molecule has 0 fully saturated rings. The van der Waals surface area contributed by atoms with Gasteiger partial charge in [-0.15, -0.1) is 0 Å². The molecule has 1 heterocycles. The van der Waals surface area contributed by atoms with Crippen LogP contribution in [0, 0.1) is 5.92 Å². The van der Waals surface area contributed by atoms with Gasteiger partial charge >= 0.3 is 175 Å². The number of carboxylic acid groups (broad SMARTS) is 1. The third kappa shape index (κ3) is 7.05. The van der Waals surface area contributed by atoms with Crippen LogP contribution in [0.25, 0.3) is 0 Å². The van der Waals surface area contributed by atoms with E-state index in [0.29, 0.717) is 11.4 Å². The first-order valence-corrected chi connectivity index (χ1v) is 18.3. The van der Waals surface area contributed by atoms with E-state index in [4.69, 9.17) is 10.1 Å². The number of rotatable bonds is 13. The molecule has 5 nitrogen and oxygen atoms in total. The molecule has 6 heteroatoms. The molecule has 0 radical (unpaired) electrons. The predicted octanol–water partition coefficient (Wildman–Crippen LogP) is 6.07. The Balaban J connectivity index is 3.49. The molecule has 0 aliphatic rings. The van der Waals surface area contributed by atoms with Gasteiger partial charge in [0.05, 0.1) is 0 Å². The molecule has 158 valence electrons. The van der Waals surface area contributed by atoms with E-state index >= 15 is 0 Å². The zero-order valence-electron chi connectivity index (χ0n) is 18.3. The molecular weight excluding hydrogens is 459 g/mol. The third-order valence-electron chi connectivity index (χ3n) is 5.46. The van der Waals surface area contributed by atoms with Gasteiger partial charge in [0.1, 0.15) is 0 Å². The van der Waals surface area contributed by atoms with Gasteiger partial charge in [0.15, 0.2) is 0 Å². The number of hydrogen-bond donors (Lipinski definition) is 2. The molecule has 1 amide bonds. The molecule has 0 unspecified atom stereocenters. The number of ketones is 1. The van der Waals surface area contributed by atoms with Gasteiger partial charge in [0.25, 0.3) is 0 Å². The van der Waals surface area contributed by atoms with Crippen LogP contribution in [0.1, 0.15) is 83.6 Å². The number of carbonyl (C=O) groups excluding carboxylic acids is 1. The number of aromatic nitrogens is 1. The Labute approximate surface area is 174 Å². The van der Waals surface area contributed by atoms with E-state index in [2.05, 4.69) is 26.1 Å². The minimum absolute atomic E-state index is 0.0905. The molecule has 0 bridgehead atoms. The molecule has 0 saturated heterocycles. The van der Waals surface area contributed by atoms with E-state index in [0.717, 1.165) is 3.71 Å². The van der Waals surface area contributed by atoms with Gasteiger partial charge in [0.2, 0.25) is 0 Å². The SMILES string of the molecule is CCC[CH2][Sn]([CH2]CCC)([CH2]CCC)[c]1ccc(NC(=O)O)c(C(=O)C(C)C)n1. The van der Waals surface area contributed by atoms with Gasteiger partial charge in [-0.3, -0.25) is 0 Å². The summed E-state index contributed by atoms with van der Waals surface area (Å²) in [5, 5.41) is 11.5. The van der Waals surface area contributed by atoms with Crippen LogP contribution in [-0.2, 0) is 0 Å². The first kappa shape index (κ1) is 24.9. The van der Waals surface area contributed by atoms with Crippen molar-refractivity contribution in [1.82, 2.24) is 4.98 Å². The number of pyridine rings is 1. The van der Waals surface area contributed by atoms with Crippen molar-refractivity contribution < 1.29 is 14.7 Å². The molecule has 0 aromatic carbocycles. The van der Waals surface area contributed by atoms with Crippen molar-refractivity contribution in [2.24, 2.45) is 5.92 Å². The summed E-state index contributed by atoms with van der Waals surface area (Å²) in [6.07, 6.45) is 6.01. The van der Waals surface area contributed by atoms with Crippen LogP contribution in [0.5, 0.6) is 0 Å². The molecule has 0 atom stereocenters. The Bertz CT molecular complexity index is 625. The molecule has 2 N–H and O–H groups in total. The maximum absolute atomic E-state index is 12.8. The van der Waals surface area contributed by atoms with E-state index in [9.17, 15) is 9.59 Å². The van der Waals surface area contributed by atoms with E-state index in [1.807, 2.05) is 19.9 Å². The van der Waals surface area contributed by atoms with Crippen LogP contribution in [0.2, 0.25) is 13.3 Å². The van der Waals surface area contributed by atoms with Gasteiger partial charge in [0, 0.05) is 0 Å². The molecule has 0 spiro atoms. The van der Waals surface area contributed by atoms with Crippen molar-refractivity contribution in [2.45, 2.75) is 86.5 Å². The summed E-state index contributed by atoms with van der Waals surface area (Å²) >= 11 is -2.77. The minimum atomic E-state index is -2.77. The Hall–Kier alpha value is -1.11. The molecule has 1 aromatic rings. The first-order chi connectivity index (χ1) is 13.3. The molecule has 0 saturated carbocycles. The van der Waals surface area contributed by atoms with Gasteiger partial charge in [-0.25, -0.2) is 0 Å². The van der Waals surface area contributed by atoms with Crippen molar-refractivity contribution in [3.8, 4) is 0 Å². The maximum atomic E-state index is 12.8. The van der Waals surface area contributed by atoms with E-state index in [-0.39, 0.29) is 11.7 Å². The fourth-order valence-corrected chi connectivity index (χ4v) is 19.1. The second-order valence-corrected chi connectivity index (χ2v) is 21.2. The Morgan fingerprint density at radius 2 is 1.50 bits per heavy atom. The standard InChI is InChI=1S/C10H11N2O3.3C4H9.Sn/c1-6(2)9(13)8-7(12-10(14)15)4-3-5-11-8;3*1-3-4-2;/h3-4,6,12H,1-2H3,(H,14,15);3*1,3-4H2,2H3;. The molecule has 0 aliphatic heterocycles. The molecule has 0 aliphatic carbocycles. The van der Waals surface area contributed by atoms with Gasteiger partial charge < -0.3 is 0 Å². The van der Waals surface area contributed by atoms with Crippen molar-refractivity contribution >= 4 is 39.7 Å².